The van der Waals surface area contributed by atoms with Crippen molar-refractivity contribution >= 4 is 23.3 Å². The van der Waals surface area contributed by atoms with E-state index in [4.69, 9.17) is 5.84 Å². The van der Waals surface area contributed by atoms with Crippen molar-refractivity contribution in [2.75, 3.05) is 4.90 Å². The number of nitrogens with two attached hydrogens (primary N) is 1. The fourth-order valence-electron chi connectivity index (χ4n) is 2.40. The smallest absolute Gasteiger partial charge is 0.0538 e. The molecule has 0 aliphatic heterocycles. The van der Waals surface area contributed by atoms with Crippen molar-refractivity contribution < 1.29 is 0 Å². The number of benzene rings is 3. The van der Waals surface area contributed by atoms with Crippen LogP contribution >= 0.6 is 0 Å². The molecule has 2 N–H and O–H groups in total. The molecule has 0 spiro atoms. The van der Waals surface area contributed by atoms with Crippen LogP contribution in [0.3, 0.4) is 0 Å². The third-order valence-electron chi connectivity index (χ3n) is 3.40. The van der Waals surface area contributed by atoms with Gasteiger partial charge in [-0.2, -0.15) is 5.10 Å². The maximum absolute atomic E-state index is 5.20. The first kappa shape index (κ1) is 13.9. The zero-order valence-corrected chi connectivity index (χ0v) is 12.1. The van der Waals surface area contributed by atoms with Gasteiger partial charge in [0.2, 0.25) is 0 Å². The summed E-state index contributed by atoms with van der Waals surface area (Å²) in [6.07, 6.45) is 1.64. The van der Waals surface area contributed by atoms with Crippen LogP contribution in [0.1, 0.15) is 5.56 Å². The molecule has 3 rings (SSSR count). The summed E-state index contributed by atoms with van der Waals surface area (Å²) >= 11 is 0. The van der Waals surface area contributed by atoms with Crippen LogP contribution < -0.4 is 10.7 Å². The second-order valence-electron chi connectivity index (χ2n) is 4.88. The Balaban J connectivity index is 2.06. The van der Waals surface area contributed by atoms with E-state index in [1.165, 1.54) is 0 Å². The van der Waals surface area contributed by atoms with E-state index in [2.05, 4.69) is 46.4 Å². The predicted octanol–water partition coefficient (Wildman–Crippen LogP) is 4.45. The van der Waals surface area contributed by atoms with Gasteiger partial charge in [-0.1, -0.05) is 48.5 Å². The van der Waals surface area contributed by atoms with Gasteiger partial charge >= 0.3 is 0 Å². The van der Waals surface area contributed by atoms with E-state index in [1.54, 1.807) is 6.21 Å². The van der Waals surface area contributed by atoms with Crippen molar-refractivity contribution in [2.24, 2.45) is 10.9 Å². The summed E-state index contributed by atoms with van der Waals surface area (Å²) in [7, 11) is 0. The Morgan fingerprint density at radius 2 is 1.09 bits per heavy atom. The van der Waals surface area contributed by atoms with Crippen LogP contribution in [0.5, 0.6) is 0 Å². The lowest BCUT2D eigenvalue weighted by Crippen LogP contribution is -2.09. The number of hydrogen-bond acceptors (Lipinski definition) is 3. The fourth-order valence-corrected chi connectivity index (χ4v) is 2.40. The molecule has 3 heteroatoms. The lowest BCUT2D eigenvalue weighted by atomic mass is 10.1. The van der Waals surface area contributed by atoms with Gasteiger partial charge in [0.1, 0.15) is 0 Å². The van der Waals surface area contributed by atoms with Crippen molar-refractivity contribution in [1.29, 1.82) is 0 Å². The monoisotopic (exact) mass is 287 g/mol. The van der Waals surface area contributed by atoms with Crippen molar-refractivity contribution in [3.8, 4) is 0 Å². The van der Waals surface area contributed by atoms with Crippen LogP contribution in [0.2, 0.25) is 0 Å². The molecule has 0 heterocycles. The molecule has 0 saturated carbocycles. The zero-order chi connectivity index (χ0) is 15.2. The molecule has 22 heavy (non-hydrogen) atoms. The van der Waals surface area contributed by atoms with E-state index < -0.39 is 0 Å². The average molecular weight is 287 g/mol. The highest BCUT2D eigenvalue weighted by Crippen LogP contribution is 2.33. The Hall–Kier alpha value is -3.07. The minimum absolute atomic E-state index is 0.979. The first-order chi connectivity index (χ1) is 10.9. The molecule has 0 bridgehead atoms. The predicted molar refractivity (Wildman–Crippen MR) is 92.9 cm³/mol. The Bertz CT molecular complexity index is 695. The van der Waals surface area contributed by atoms with E-state index in [-0.39, 0.29) is 0 Å². The number of nitrogens with zero attached hydrogens (tertiary/aromatic N) is 2. The van der Waals surface area contributed by atoms with Crippen molar-refractivity contribution in [3.63, 3.8) is 0 Å². The third kappa shape index (κ3) is 2.99. The van der Waals surface area contributed by atoms with Crippen LogP contribution in [-0.2, 0) is 0 Å². The molecule has 108 valence electrons. The number of hydrazone groups is 1. The Morgan fingerprint density at radius 1 is 0.636 bits per heavy atom. The summed E-state index contributed by atoms with van der Waals surface area (Å²) in [4.78, 5) is 2.21. The average Bonchev–Trinajstić information content (AvgIpc) is 2.59. The van der Waals surface area contributed by atoms with Gasteiger partial charge in [0.05, 0.1) is 6.21 Å². The maximum atomic E-state index is 5.20. The molecule has 0 radical (unpaired) electrons. The summed E-state index contributed by atoms with van der Waals surface area (Å²) < 4.78 is 0. The number of hydrogen-bond donors (Lipinski definition) is 1. The lowest BCUT2D eigenvalue weighted by Gasteiger charge is -2.25. The van der Waals surface area contributed by atoms with Gasteiger partial charge < -0.3 is 10.7 Å². The van der Waals surface area contributed by atoms with Crippen LogP contribution in [0.25, 0.3) is 0 Å². The molecule has 0 saturated heterocycles. The summed E-state index contributed by atoms with van der Waals surface area (Å²) in [6.45, 7) is 0. The van der Waals surface area contributed by atoms with Gasteiger partial charge in [0.15, 0.2) is 0 Å². The van der Waals surface area contributed by atoms with Crippen LogP contribution in [0.4, 0.5) is 17.1 Å². The van der Waals surface area contributed by atoms with Crippen LogP contribution in [-0.4, -0.2) is 6.21 Å². The summed E-state index contributed by atoms with van der Waals surface area (Å²) in [6, 6.07) is 28.8. The van der Waals surface area contributed by atoms with Gasteiger partial charge in [-0.3, -0.25) is 0 Å². The first-order valence-corrected chi connectivity index (χ1v) is 7.12. The molecule has 0 amide bonds. The molecule has 0 unspecified atom stereocenters. The molecule has 0 atom stereocenters. The van der Waals surface area contributed by atoms with Crippen LogP contribution in [0, 0.1) is 0 Å². The second kappa shape index (κ2) is 6.59. The number of rotatable bonds is 4. The molecule has 3 aromatic rings. The normalized spacial score (nSPS) is 10.7. The van der Waals surface area contributed by atoms with E-state index in [9.17, 15) is 0 Å². The molecule has 0 aromatic heterocycles. The zero-order valence-electron chi connectivity index (χ0n) is 12.1. The Kier molecular flexibility index (Phi) is 4.16. The van der Waals surface area contributed by atoms with E-state index >= 15 is 0 Å². The SMILES string of the molecule is N/N=C\c1ccc(N(c2ccccc2)c2ccccc2)cc1. The summed E-state index contributed by atoms with van der Waals surface area (Å²) in [5, 5.41) is 3.56. The number of para-hydroxylation sites is 2. The van der Waals surface area contributed by atoms with E-state index in [0.717, 1.165) is 22.6 Å². The van der Waals surface area contributed by atoms with Gasteiger partial charge in [-0.05, 0) is 42.0 Å². The molecule has 3 aromatic carbocycles. The third-order valence-corrected chi connectivity index (χ3v) is 3.40. The Labute approximate surface area is 130 Å². The van der Waals surface area contributed by atoms with Crippen LogP contribution in [0.15, 0.2) is 90.0 Å². The van der Waals surface area contributed by atoms with Gasteiger partial charge in [-0.25, -0.2) is 0 Å². The fraction of sp³-hybridized carbons (Fsp3) is 0. The standard InChI is InChI=1S/C19H17N3/c20-21-15-16-11-13-19(14-12-16)22(17-7-3-1-4-8-17)18-9-5-2-6-10-18/h1-15H,20H2/b21-15-. The topological polar surface area (TPSA) is 41.6 Å². The Morgan fingerprint density at radius 3 is 1.55 bits per heavy atom. The van der Waals surface area contributed by atoms with Gasteiger partial charge in [0, 0.05) is 17.1 Å². The van der Waals surface area contributed by atoms with Gasteiger partial charge in [-0.15, -0.1) is 0 Å². The highest BCUT2D eigenvalue weighted by molar-refractivity contribution is 5.82. The lowest BCUT2D eigenvalue weighted by molar-refractivity contribution is 1.26. The minimum atomic E-state index is 0.979. The number of anilines is 3. The van der Waals surface area contributed by atoms with E-state index in [1.807, 2.05) is 48.5 Å². The molecule has 0 aliphatic rings. The van der Waals surface area contributed by atoms with E-state index in [0.29, 0.717) is 0 Å². The maximum Gasteiger partial charge on any atom is 0.0538 e. The van der Waals surface area contributed by atoms with Crippen molar-refractivity contribution in [3.05, 3.63) is 90.5 Å². The molecular formula is C19H17N3. The first-order valence-electron chi connectivity index (χ1n) is 7.12. The molecule has 0 fully saturated rings. The summed E-state index contributed by atoms with van der Waals surface area (Å²) in [5.74, 6) is 5.20. The molecular weight excluding hydrogens is 270 g/mol. The van der Waals surface area contributed by atoms with Crippen molar-refractivity contribution in [2.45, 2.75) is 0 Å². The highest BCUT2D eigenvalue weighted by atomic mass is 15.1. The highest BCUT2D eigenvalue weighted by Gasteiger charge is 2.11. The molecule has 0 aliphatic carbocycles. The molecule has 3 nitrogen and oxygen atoms in total. The van der Waals surface area contributed by atoms with Crippen molar-refractivity contribution in [1.82, 2.24) is 0 Å². The van der Waals surface area contributed by atoms with Gasteiger partial charge in [0.25, 0.3) is 0 Å². The quantitative estimate of drug-likeness (QED) is 0.437. The largest absolute Gasteiger partial charge is 0.323 e. The summed E-state index contributed by atoms with van der Waals surface area (Å²) in [5.41, 5.74) is 4.31. The minimum Gasteiger partial charge on any atom is -0.323 e. The second-order valence-corrected chi connectivity index (χ2v) is 4.88.